The smallest absolute Gasteiger partial charge is 0.387 e. The van der Waals surface area contributed by atoms with Crippen LogP contribution in [0.5, 0.6) is 5.75 Å². The zero-order valence-electron chi connectivity index (χ0n) is 16.1. The number of hydrogen-bond acceptors (Lipinski definition) is 8. The van der Waals surface area contributed by atoms with Gasteiger partial charge in [0, 0.05) is 5.56 Å². The molecule has 2 aromatic rings. The first-order valence-corrected chi connectivity index (χ1v) is 9.32. The third-order valence-corrected chi connectivity index (χ3v) is 5.15. The molecule has 0 aromatic heterocycles. The number of halogens is 2. The lowest BCUT2D eigenvalue weighted by atomic mass is 9.86. The maximum Gasteiger partial charge on any atom is 0.387 e. The summed E-state index contributed by atoms with van der Waals surface area (Å²) >= 11 is 0. The lowest BCUT2D eigenvalue weighted by Gasteiger charge is -2.45. The van der Waals surface area contributed by atoms with Gasteiger partial charge in [-0.25, -0.2) is 0 Å². The van der Waals surface area contributed by atoms with E-state index in [2.05, 4.69) is 4.74 Å². The molecule has 1 heterocycles. The van der Waals surface area contributed by atoms with Crippen molar-refractivity contribution in [2.75, 3.05) is 6.61 Å². The highest BCUT2D eigenvalue weighted by Crippen LogP contribution is 2.37. The molecule has 0 bridgehead atoms. The molecule has 1 aliphatic heterocycles. The SMILES string of the molecule is N#Cc1ccc([C@]2(O)O[C@H](CO)[C@@H](O)[C@H](O)[C@H]2O)cc1Cc1ccc(OC(F)F)cc1. The maximum atomic E-state index is 12.3. The molecule has 0 amide bonds. The van der Waals surface area contributed by atoms with Crippen molar-refractivity contribution in [3.05, 3.63) is 64.7 Å². The number of nitriles is 1. The maximum absolute atomic E-state index is 12.3. The Morgan fingerprint density at radius 2 is 1.77 bits per heavy atom. The number of ether oxygens (including phenoxy) is 2. The van der Waals surface area contributed by atoms with Gasteiger partial charge in [-0.1, -0.05) is 18.2 Å². The Labute approximate surface area is 176 Å². The lowest BCUT2D eigenvalue weighted by Crippen LogP contribution is -2.63. The number of aliphatic hydroxyl groups excluding tert-OH is 4. The van der Waals surface area contributed by atoms with Gasteiger partial charge in [-0.3, -0.25) is 0 Å². The van der Waals surface area contributed by atoms with E-state index in [1.54, 1.807) is 0 Å². The molecule has 0 saturated carbocycles. The largest absolute Gasteiger partial charge is 0.435 e. The van der Waals surface area contributed by atoms with E-state index < -0.39 is 43.4 Å². The first kappa shape index (κ1) is 23.0. The van der Waals surface area contributed by atoms with Gasteiger partial charge >= 0.3 is 6.61 Å². The van der Waals surface area contributed by atoms with Crippen molar-refractivity contribution in [2.24, 2.45) is 0 Å². The minimum Gasteiger partial charge on any atom is -0.435 e. The number of alkyl halides is 2. The van der Waals surface area contributed by atoms with E-state index in [0.717, 1.165) is 0 Å². The van der Waals surface area contributed by atoms with Crippen molar-refractivity contribution in [1.82, 2.24) is 0 Å². The third kappa shape index (κ3) is 4.67. The van der Waals surface area contributed by atoms with Crippen molar-refractivity contribution in [2.45, 2.75) is 43.2 Å². The monoisotopic (exact) mass is 437 g/mol. The average molecular weight is 437 g/mol. The molecule has 0 unspecified atom stereocenters. The van der Waals surface area contributed by atoms with E-state index >= 15 is 0 Å². The highest BCUT2D eigenvalue weighted by molar-refractivity contribution is 5.45. The Bertz CT molecular complexity index is 948. The average Bonchev–Trinajstić information content (AvgIpc) is 2.75. The van der Waals surface area contributed by atoms with Gasteiger partial charge in [-0.05, 0) is 41.8 Å². The number of benzene rings is 2. The predicted octanol–water partition coefficient (Wildman–Crippen LogP) is 0.369. The number of nitrogens with zero attached hydrogens (tertiary/aromatic N) is 1. The van der Waals surface area contributed by atoms with E-state index in [1.807, 2.05) is 6.07 Å². The number of hydrogen-bond donors (Lipinski definition) is 5. The molecular weight excluding hydrogens is 416 g/mol. The van der Waals surface area contributed by atoms with Crippen LogP contribution in [0.15, 0.2) is 42.5 Å². The lowest BCUT2D eigenvalue weighted by molar-refractivity contribution is -0.357. The molecule has 0 radical (unpaired) electrons. The molecule has 0 aliphatic carbocycles. The van der Waals surface area contributed by atoms with E-state index in [9.17, 15) is 39.6 Å². The quantitative estimate of drug-likeness (QED) is 0.436. The summed E-state index contributed by atoms with van der Waals surface area (Å²) in [6.45, 7) is -3.67. The molecule has 31 heavy (non-hydrogen) atoms. The van der Waals surface area contributed by atoms with Crippen LogP contribution < -0.4 is 4.74 Å². The van der Waals surface area contributed by atoms with Crippen LogP contribution in [0.4, 0.5) is 8.78 Å². The van der Waals surface area contributed by atoms with Crippen LogP contribution in [0.1, 0.15) is 22.3 Å². The van der Waals surface area contributed by atoms with Crippen LogP contribution >= 0.6 is 0 Å². The molecule has 2 aromatic carbocycles. The van der Waals surface area contributed by atoms with E-state index in [4.69, 9.17) is 4.74 Å². The van der Waals surface area contributed by atoms with Crippen LogP contribution in [0, 0.1) is 11.3 Å². The van der Waals surface area contributed by atoms with Crippen molar-refractivity contribution >= 4 is 0 Å². The van der Waals surface area contributed by atoms with Crippen molar-refractivity contribution < 1.29 is 43.8 Å². The second-order valence-corrected chi connectivity index (χ2v) is 7.14. The summed E-state index contributed by atoms with van der Waals surface area (Å²) in [5.41, 5.74) is 1.32. The second-order valence-electron chi connectivity index (χ2n) is 7.14. The van der Waals surface area contributed by atoms with Crippen LogP contribution in [0.25, 0.3) is 0 Å². The van der Waals surface area contributed by atoms with Crippen molar-refractivity contribution in [1.29, 1.82) is 5.26 Å². The van der Waals surface area contributed by atoms with Gasteiger partial charge < -0.3 is 35.0 Å². The van der Waals surface area contributed by atoms with Crippen LogP contribution in [-0.2, 0) is 16.9 Å². The number of rotatable bonds is 6. The Morgan fingerprint density at radius 1 is 1.10 bits per heavy atom. The van der Waals surface area contributed by atoms with Crippen LogP contribution in [0.2, 0.25) is 0 Å². The van der Waals surface area contributed by atoms with Crippen LogP contribution in [0.3, 0.4) is 0 Å². The van der Waals surface area contributed by atoms with E-state index in [1.165, 1.54) is 42.5 Å². The second kappa shape index (κ2) is 9.23. The Balaban J connectivity index is 1.92. The minimum atomic E-state index is -2.95. The molecule has 166 valence electrons. The van der Waals surface area contributed by atoms with Gasteiger partial charge in [0.1, 0.15) is 30.2 Å². The van der Waals surface area contributed by atoms with Gasteiger partial charge in [-0.2, -0.15) is 14.0 Å². The van der Waals surface area contributed by atoms with Gasteiger partial charge in [0.05, 0.1) is 18.2 Å². The van der Waals surface area contributed by atoms with Gasteiger partial charge in [-0.15, -0.1) is 0 Å². The fourth-order valence-electron chi connectivity index (χ4n) is 3.47. The Morgan fingerprint density at radius 3 is 2.35 bits per heavy atom. The molecular formula is C21H21F2NO7. The summed E-state index contributed by atoms with van der Waals surface area (Å²) in [5.74, 6) is -2.48. The van der Waals surface area contributed by atoms with Crippen LogP contribution in [-0.4, -0.2) is 63.2 Å². The summed E-state index contributed by atoms with van der Waals surface area (Å²) in [4.78, 5) is 0. The van der Waals surface area contributed by atoms with Gasteiger partial charge in [0.25, 0.3) is 0 Å². The Hall–Kier alpha value is -2.65. The standard InChI is InChI=1S/C21H21F2NO7/c22-20(23)30-15-5-1-11(2-6-15)7-13-8-14(4-3-12(13)9-24)21(29)19(28)18(27)17(26)16(10-25)31-21/h1-6,8,16-20,25-29H,7,10H2/t16-,17-,18+,19-,21+/m1/s1. The Kier molecular flexibility index (Phi) is 6.86. The summed E-state index contributed by atoms with van der Waals surface area (Å²) in [5, 5.41) is 60.0. The predicted molar refractivity (Wildman–Crippen MR) is 101 cm³/mol. The summed E-state index contributed by atoms with van der Waals surface area (Å²) in [6.07, 6.45) is -6.53. The third-order valence-electron chi connectivity index (χ3n) is 5.15. The normalized spacial score (nSPS) is 28.4. The molecule has 8 nitrogen and oxygen atoms in total. The first-order valence-electron chi connectivity index (χ1n) is 9.32. The highest BCUT2D eigenvalue weighted by atomic mass is 19.3. The minimum absolute atomic E-state index is 0.00365. The topological polar surface area (TPSA) is 143 Å². The molecule has 5 atom stereocenters. The first-order chi connectivity index (χ1) is 14.7. The summed E-state index contributed by atoms with van der Waals surface area (Å²) in [6, 6.07) is 11.9. The van der Waals surface area contributed by atoms with Gasteiger partial charge in [0.15, 0.2) is 0 Å². The molecule has 1 aliphatic rings. The zero-order chi connectivity index (χ0) is 22.8. The highest BCUT2D eigenvalue weighted by Gasteiger charge is 2.53. The molecule has 0 spiro atoms. The summed E-state index contributed by atoms with van der Waals surface area (Å²) < 4.78 is 34.2. The van der Waals surface area contributed by atoms with Crippen molar-refractivity contribution in [3.63, 3.8) is 0 Å². The van der Waals surface area contributed by atoms with Crippen molar-refractivity contribution in [3.8, 4) is 11.8 Å². The fourth-order valence-corrected chi connectivity index (χ4v) is 3.47. The van der Waals surface area contributed by atoms with E-state index in [0.29, 0.717) is 11.1 Å². The summed E-state index contributed by atoms with van der Waals surface area (Å²) in [7, 11) is 0. The molecule has 10 heteroatoms. The fraction of sp³-hybridized carbons (Fsp3) is 0.381. The van der Waals surface area contributed by atoms with E-state index in [-0.39, 0.29) is 23.3 Å². The van der Waals surface area contributed by atoms with Gasteiger partial charge in [0.2, 0.25) is 5.79 Å². The zero-order valence-corrected chi connectivity index (χ0v) is 16.1. The molecule has 1 fully saturated rings. The number of aliphatic hydroxyl groups is 5. The molecule has 5 N–H and O–H groups in total. The molecule has 3 rings (SSSR count). The molecule has 1 saturated heterocycles.